The van der Waals surface area contributed by atoms with Crippen LogP contribution in [0.15, 0.2) is 214 Å². The summed E-state index contributed by atoms with van der Waals surface area (Å²) < 4.78 is 166. The normalized spacial score (nSPS) is 12.3. The molecule has 0 unspecified atom stereocenters. The zero-order valence-corrected chi connectivity index (χ0v) is 38.0. The van der Waals surface area contributed by atoms with Gasteiger partial charge in [-0.15, -0.1) is 0 Å². The van der Waals surface area contributed by atoms with E-state index in [-0.39, 0.29) is 42.6 Å². The van der Waals surface area contributed by atoms with E-state index >= 15 is 26.3 Å². The molecule has 8 aromatic rings. The second kappa shape index (κ2) is 18.8. The van der Waals surface area contributed by atoms with Gasteiger partial charge in [0.1, 0.15) is 46.0 Å². The van der Waals surface area contributed by atoms with Gasteiger partial charge in [-0.05, 0) is 182 Å². The van der Waals surface area contributed by atoms with Gasteiger partial charge >= 0.3 is 12.4 Å². The molecule has 8 rings (SSSR count). The molecule has 69 heavy (non-hydrogen) atoms. The summed E-state index contributed by atoms with van der Waals surface area (Å²) in [5.74, 6) is 1.87. The molecule has 0 aromatic heterocycles. The quantitative estimate of drug-likeness (QED) is 0.0992. The topological polar surface area (TPSA) is 105 Å². The summed E-state index contributed by atoms with van der Waals surface area (Å²) in [4.78, 5) is -0.232. The Kier molecular flexibility index (Phi) is 13.1. The van der Waals surface area contributed by atoms with Gasteiger partial charge in [0.25, 0.3) is 0 Å². The maximum absolute atomic E-state index is 15.0. The highest BCUT2D eigenvalue weighted by Crippen LogP contribution is 2.56. The Morgan fingerprint density at radius 1 is 0.319 bits per heavy atom. The summed E-state index contributed by atoms with van der Waals surface area (Å²) >= 11 is 0. The third-order valence-electron chi connectivity index (χ3n) is 10.9. The highest BCUT2D eigenvalue weighted by atomic mass is 32.2. The lowest BCUT2D eigenvalue weighted by molar-refractivity contribution is -0.288. The molecule has 0 aliphatic heterocycles. The van der Waals surface area contributed by atoms with Crippen molar-refractivity contribution in [3.8, 4) is 46.0 Å². The van der Waals surface area contributed by atoms with Crippen LogP contribution in [0.25, 0.3) is 0 Å². The van der Waals surface area contributed by atoms with Crippen LogP contribution in [-0.2, 0) is 25.1 Å². The number of alkyl halides is 6. The number of hydrogen-bond acceptors (Lipinski definition) is 8. The summed E-state index contributed by atoms with van der Waals surface area (Å²) in [6, 6.07) is 42.9. The van der Waals surface area contributed by atoms with Crippen molar-refractivity contribution >= 4 is 19.7 Å². The van der Waals surface area contributed by atoms with E-state index in [1.165, 1.54) is 97.1 Å². The molecule has 0 fully saturated rings. The SMILES string of the molecule is Cc1cccc(Oc2ccc(S(=O)(=O)c3ccc(Oc4ccc(C(c5ccc(Oc6ccc(S(=O)(=O)c7ccc(Oc8cccc(C)c8)cc7)cc6)cc5)(C(F)(F)F)C(F)(F)F)cc4)cc3)cc2)c1. The van der Waals surface area contributed by atoms with Crippen LogP contribution in [-0.4, -0.2) is 29.2 Å². The first-order valence-electron chi connectivity index (χ1n) is 20.8. The minimum absolute atomic E-state index is 0.0203. The van der Waals surface area contributed by atoms with E-state index in [9.17, 15) is 16.8 Å². The Labute approximate surface area is 393 Å². The van der Waals surface area contributed by atoms with Crippen molar-refractivity contribution in [3.63, 3.8) is 0 Å². The number of rotatable bonds is 14. The average Bonchev–Trinajstić information content (AvgIpc) is 3.30. The molecule has 0 spiro atoms. The summed E-state index contributed by atoms with van der Waals surface area (Å²) in [5, 5.41) is 0. The summed E-state index contributed by atoms with van der Waals surface area (Å²) in [6.45, 7) is 3.81. The van der Waals surface area contributed by atoms with Gasteiger partial charge in [0.15, 0.2) is 0 Å². The van der Waals surface area contributed by atoms with Crippen LogP contribution in [0.5, 0.6) is 46.0 Å². The van der Waals surface area contributed by atoms with Crippen LogP contribution < -0.4 is 18.9 Å². The Morgan fingerprint density at radius 3 is 0.783 bits per heavy atom. The van der Waals surface area contributed by atoms with Crippen LogP contribution in [0.2, 0.25) is 0 Å². The number of sulfone groups is 2. The number of aryl methyl sites for hydroxylation is 2. The van der Waals surface area contributed by atoms with Crippen LogP contribution >= 0.6 is 0 Å². The van der Waals surface area contributed by atoms with Crippen molar-refractivity contribution in [3.05, 3.63) is 216 Å². The standard InChI is InChI=1S/C53H38F6O8S2/c1-35-5-3-7-45(33-35)66-43-21-29-49(30-22-43)68(60,61)47-25-17-41(18-26-47)64-39-13-9-37(10-14-39)51(52(54,55)56,53(57,58)59)38-11-15-40(16-12-38)65-42-19-27-48(28-20-42)69(62,63)50-31-23-44(24-32-50)67-46-8-4-6-36(2)34-46/h3-34H,1-2H3. The fraction of sp³-hybridized carbons (Fsp3) is 0.0943. The molecule has 0 atom stereocenters. The van der Waals surface area contributed by atoms with Crippen LogP contribution in [0, 0.1) is 13.8 Å². The molecule has 16 heteroatoms. The first-order valence-corrected chi connectivity index (χ1v) is 23.8. The molecule has 0 amide bonds. The highest BCUT2D eigenvalue weighted by Gasteiger charge is 2.72. The molecule has 352 valence electrons. The highest BCUT2D eigenvalue weighted by molar-refractivity contribution is 7.91. The molecule has 8 nitrogen and oxygen atoms in total. The fourth-order valence-electron chi connectivity index (χ4n) is 7.45. The molecule has 0 saturated carbocycles. The monoisotopic (exact) mass is 980 g/mol. The zero-order valence-electron chi connectivity index (χ0n) is 36.3. The maximum Gasteiger partial charge on any atom is 0.411 e. The maximum atomic E-state index is 15.0. The minimum Gasteiger partial charge on any atom is -0.457 e. The van der Waals surface area contributed by atoms with Crippen LogP contribution in [0.4, 0.5) is 26.3 Å². The van der Waals surface area contributed by atoms with Gasteiger partial charge in [-0.25, -0.2) is 16.8 Å². The lowest BCUT2D eigenvalue weighted by atomic mass is 9.73. The molecular weight excluding hydrogens is 943 g/mol. The van der Waals surface area contributed by atoms with Gasteiger partial charge in [-0.1, -0.05) is 48.5 Å². The predicted octanol–water partition coefficient (Wildman–Crippen LogP) is 14.5. The van der Waals surface area contributed by atoms with Crippen LogP contribution in [0.1, 0.15) is 22.3 Å². The van der Waals surface area contributed by atoms with E-state index in [2.05, 4.69) is 0 Å². The van der Waals surface area contributed by atoms with E-state index in [4.69, 9.17) is 18.9 Å². The van der Waals surface area contributed by atoms with E-state index in [1.807, 2.05) is 50.2 Å². The third kappa shape index (κ3) is 10.2. The number of ether oxygens (including phenoxy) is 4. The fourth-order valence-corrected chi connectivity index (χ4v) is 9.97. The number of benzene rings is 8. The van der Waals surface area contributed by atoms with Crippen molar-refractivity contribution in [2.24, 2.45) is 0 Å². The van der Waals surface area contributed by atoms with Crippen molar-refractivity contribution in [2.45, 2.75) is 51.2 Å². The molecule has 0 aliphatic rings. The smallest absolute Gasteiger partial charge is 0.411 e. The Morgan fingerprint density at radius 2 is 0.551 bits per heavy atom. The van der Waals surface area contributed by atoms with Gasteiger partial charge in [0.05, 0.1) is 19.6 Å². The van der Waals surface area contributed by atoms with E-state index in [1.54, 1.807) is 12.1 Å². The van der Waals surface area contributed by atoms with Crippen molar-refractivity contribution in [2.75, 3.05) is 0 Å². The first kappa shape index (κ1) is 47.9. The molecule has 0 bridgehead atoms. The third-order valence-corrected chi connectivity index (χ3v) is 14.5. The summed E-state index contributed by atoms with van der Waals surface area (Å²) in [6.07, 6.45) is -11.8. The lowest BCUT2D eigenvalue weighted by Gasteiger charge is -2.38. The van der Waals surface area contributed by atoms with E-state index in [0.717, 1.165) is 35.4 Å². The number of halogens is 6. The molecule has 8 aromatic carbocycles. The van der Waals surface area contributed by atoms with Gasteiger partial charge in [-0.3, -0.25) is 0 Å². The Hall–Kier alpha value is -7.56. The second-order valence-corrected chi connectivity index (χ2v) is 19.6. The van der Waals surface area contributed by atoms with Gasteiger partial charge < -0.3 is 18.9 Å². The predicted molar refractivity (Wildman–Crippen MR) is 245 cm³/mol. The van der Waals surface area contributed by atoms with Crippen LogP contribution in [0.3, 0.4) is 0 Å². The molecule has 0 saturated heterocycles. The molecule has 0 N–H and O–H groups in total. The van der Waals surface area contributed by atoms with Crippen molar-refractivity contribution in [1.29, 1.82) is 0 Å². The number of hydrogen-bond donors (Lipinski definition) is 0. The van der Waals surface area contributed by atoms with Gasteiger partial charge in [-0.2, -0.15) is 26.3 Å². The van der Waals surface area contributed by atoms with Crippen molar-refractivity contribution < 1.29 is 62.1 Å². The zero-order chi connectivity index (χ0) is 49.2. The molecular formula is C53H38F6O8S2. The average molecular weight is 981 g/mol. The largest absolute Gasteiger partial charge is 0.457 e. The minimum atomic E-state index is -5.89. The molecule has 0 heterocycles. The summed E-state index contributed by atoms with van der Waals surface area (Å²) in [7, 11) is -8.00. The van der Waals surface area contributed by atoms with Gasteiger partial charge in [0.2, 0.25) is 25.1 Å². The first-order chi connectivity index (χ1) is 32.7. The van der Waals surface area contributed by atoms with Gasteiger partial charge in [0, 0.05) is 0 Å². The Balaban J connectivity index is 0.945. The van der Waals surface area contributed by atoms with E-state index in [0.29, 0.717) is 47.3 Å². The van der Waals surface area contributed by atoms with Crippen molar-refractivity contribution in [1.82, 2.24) is 0 Å². The summed E-state index contributed by atoms with van der Waals surface area (Å²) in [5.41, 5.74) is -4.81. The van der Waals surface area contributed by atoms with E-state index < -0.39 is 48.6 Å². The Bertz CT molecular complexity index is 3080. The lowest BCUT2D eigenvalue weighted by Crippen LogP contribution is -2.54. The second-order valence-electron chi connectivity index (χ2n) is 15.7. The molecule has 0 aliphatic carbocycles. The molecule has 0 radical (unpaired) electrons.